The van der Waals surface area contributed by atoms with Gasteiger partial charge in [0.1, 0.15) is 5.76 Å². The summed E-state index contributed by atoms with van der Waals surface area (Å²) in [6.07, 6.45) is 2.35. The van der Waals surface area contributed by atoms with Crippen molar-refractivity contribution in [2.75, 3.05) is 23.3 Å². The molecule has 1 amide bonds. The van der Waals surface area contributed by atoms with Crippen molar-refractivity contribution < 1.29 is 9.21 Å². The van der Waals surface area contributed by atoms with Crippen LogP contribution < -0.4 is 15.5 Å². The van der Waals surface area contributed by atoms with Crippen LogP contribution in [0.3, 0.4) is 0 Å². The molecule has 0 radical (unpaired) electrons. The van der Waals surface area contributed by atoms with E-state index in [0.29, 0.717) is 21.4 Å². The minimum atomic E-state index is -0.449. The molecule has 154 valence electrons. The Bertz CT molecular complexity index is 1090. The molecule has 2 heterocycles. The summed E-state index contributed by atoms with van der Waals surface area (Å²) >= 11 is 17.6. The van der Waals surface area contributed by atoms with E-state index >= 15 is 0 Å². The summed E-state index contributed by atoms with van der Waals surface area (Å²) in [6, 6.07) is 16.2. The van der Waals surface area contributed by atoms with E-state index < -0.39 is 5.91 Å². The maximum absolute atomic E-state index is 12.6. The topological polar surface area (TPSA) is 57.5 Å². The average Bonchev–Trinajstić information content (AvgIpc) is 3.42. The summed E-state index contributed by atoms with van der Waals surface area (Å²) in [5.41, 5.74) is 2.54. The summed E-state index contributed by atoms with van der Waals surface area (Å²) in [7, 11) is 0. The highest BCUT2D eigenvalue weighted by Crippen LogP contribution is 2.32. The first-order valence-electron chi connectivity index (χ1n) is 9.53. The molecule has 1 aromatic heterocycles. The summed E-state index contributed by atoms with van der Waals surface area (Å²) in [5, 5.41) is 6.99. The number of para-hydroxylation sites is 2. The fourth-order valence-corrected chi connectivity index (χ4v) is 4.01. The minimum Gasteiger partial charge on any atom is -0.451 e. The molecule has 0 spiro atoms. The molecule has 2 aromatic carbocycles. The predicted molar refractivity (Wildman–Crippen MR) is 126 cm³/mol. The first-order chi connectivity index (χ1) is 14.5. The number of benzene rings is 2. The number of carbonyl (C=O) groups excluding carboxylic acids is 1. The van der Waals surface area contributed by atoms with Crippen molar-refractivity contribution in [1.29, 1.82) is 0 Å². The smallest absolute Gasteiger partial charge is 0.293 e. The maximum atomic E-state index is 12.6. The van der Waals surface area contributed by atoms with E-state index in [-0.39, 0.29) is 10.9 Å². The third-order valence-electron chi connectivity index (χ3n) is 4.85. The molecule has 0 unspecified atom stereocenters. The number of nitrogens with one attached hydrogen (secondary N) is 2. The lowest BCUT2D eigenvalue weighted by atomic mass is 10.2. The molecule has 4 rings (SSSR count). The predicted octanol–water partition coefficient (Wildman–Crippen LogP) is 5.98. The molecule has 30 heavy (non-hydrogen) atoms. The van der Waals surface area contributed by atoms with E-state index in [1.807, 2.05) is 24.3 Å². The Labute approximate surface area is 190 Å². The number of rotatable bonds is 4. The monoisotopic (exact) mass is 459 g/mol. The second-order valence-corrected chi connectivity index (χ2v) is 8.16. The van der Waals surface area contributed by atoms with Gasteiger partial charge in [0, 0.05) is 23.7 Å². The minimum absolute atomic E-state index is 0.123. The third-order valence-corrected chi connectivity index (χ3v) is 5.62. The zero-order valence-electron chi connectivity index (χ0n) is 16.0. The van der Waals surface area contributed by atoms with Crippen LogP contribution in [0.25, 0.3) is 11.3 Å². The third kappa shape index (κ3) is 4.61. The molecule has 1 aliphatic heterocycles. The van der Waals surface area contributed by atoms with E-state index in [9.17, 15) is 4.79 Å². The molecule has 1 saturated heterocycles. The normalized spacial score (nSPS) is 13.3. The van der Waals surface area contributed by atoms with Crippen molar-refractivity contribution >= 4 is 57.8 Å². The SMILES string of the molecule is O=C(NC(=S)Nc1ccccc1N1CCCC1)c1ccc(-c2cc(Cl)ccc2Cl)o1. The molecule has 0 atom stereocenters. The summed E-state index contributed by atoms with van der Waals surface area (Å²) in [4.78, 5) is 14.9. The number of halogens is 2. The fraction of sp³-hybridized carbons (Fsp3) is 0.182. The van der Waals surface area contributed by atoms with Crippen molar-refractivity contribution in [3.05, 3.63) is 70.4 Å². The highest BCUT2D eigenvalue weighted by atomic mass is 35.5. The largest absolute Gasteiger partial charge is 0.451 e. The lowest BCUT2D eigenvalue weighted by molar-refractivity contribution is 0.0951. The van der Waals surface area contributed by atoms with Crippen molar-refractivity contribution in [3.8, 4) is 11.3 Å². The number of hydrogen-bond acceptors (Lipinski definition) is 4. The highest BCUT2D eigenvalue weighted by molar-refractivity contribution is 7.80. The Hall–Kier alpha value is -2.54. The van der Waals surface area contributed by atoms with Gasteiger partial charge >= 0.3 is 0 Å². The van der Waals surface area contributed by atoms with Gasteiger partial charge in [0.15, 0.2) is 10.9 Å². The zero-order chi connectivity index (χ0) is 21.1. The van der Waals surface area contributed by atoms with Crippen LogP contribution in [-0.4, -0.2) is 24.1 Å². The summed E-state index contributed by atoms with van der Waals surface area (Å²) in [6.45, 7) is 2.03. The van der Waals surface area contributed by atoms with Crippen molar-refractivity contribution in [3.63, 3.8) is 0 Å². The molecule has 5 nitrogen and oxygen atoms in total. The number of thiocarbonyl (C=S) groups is 1. The van der Waals surface area contributed by atoms with Crippen molar-refractivity contribution in [2.24, 2.45) is 0 Å². The number of carbonyl (C=O) groups is 1. The first kappa shape index (κ1) is 20.7. The second-order valence-electron chi connectivity index (χ2n) is 6.91. The van der Waals surface area contributed by atoms with Crippen LogP contribution in [0.2, 0.25) is 10.0 Å². The lowest BCUT2D eigenvalue weighted by Crippen LogP contribution is -2.34. The van der Waals surface area contributed by atoms with Crippen LogP contribution in [-0.2, 0) is 0 Å². The summed E-state index contributed by atoms with van der Waals surface area (Å²) < 4.78 is 5.67. The Morgan fingerprint density at radius 3 is 2.60 bits per heavy atom. The molecular formula is C22H19Cl2N3O2S. The van der Waals surface area contributed by atoms with Gasteiger partial charge in [-0.2, -0.15) is 0 Å². The van der Waals surface area contributed by atoms with Crippen LogP contribution in [0.1, 0.15) is 23.4 Å². The Morgan fingerprint density at radius 1 is 1.03 bits per heavy atom. The van der Waals surface area contributed by atoms with E-state index in [0.717, 1.165) is 24.5 Å². The Balaban J connectivity index is 1.44. The van der Waals surface area contributed by atoms with Gasteiger partial charge in [-0.3, -0.25) is 10.1 Å². The number of amides is 1. The van der Waals surface area contributed by atoms with Crippen LogP contribution in [0.4, 0.5) is 11.4 Å². The van der Waals surface area contributed by atoms with Crippen molar-refractivity contribution in [1.82, 2.24) is 5.32 Å². The van der Waals surface area contributed by atoms with Gasteiger partial charge in [-0.05, 0) is 67.5 Å². The molecule has 0 aliphatic carbocycles. The molecule has 0 saturated carbocycles. The second kappa shape index (κ2) is 9.08. The van der Waals surface area contributed by atoms with E-state index in [2.05, 4.69) is 15.5 Å². The van der Waals surface area contributed by atoms with Crippen molar-refractivity contribution in [2.45, 2.75) is 12.8 Å². The quantitative estimate of drug-likeness (QED) is 0.469. The fourth-order valence-electron chi connectivity index (χ4n) is 3.42. The van der Waals surface area contributed by atoms with Gasteiger partial charge in [-0.1, -0.05) is 35.3 Å². The van der Waals surface area contributed by atoms with Crippen LogP contribution in [0.15, 0.2) is 59.0 Å². The number of hydrogen-bond donors (Lipinski definition) is 2. The number of anilines is 2. The molecule has 3 aromatic rings. The average molecular weight is 460 g/mol. The van der Waals surface area contributed by atoms with Gasteiger partial charge in [-0.15, -0.1) is 0 Å². The van der Waals surface area contributed by atoms with Crippen LogP contribution in [0.5, 0.6) is 0 Å². The highest BCUT2D eigenvalue weighted by Gasteiger charge is 2.18. The maximum Gasteiger partial charge on any atom is 0.293 e. The van der Waals surface area contributed by atoms with Gasteiger partial charge in [0.2, 0.25) is 0 Å². The molecule has 2 N–H and O–H groups in total. The molecular weight excluding hydrogens is 441 g/mol. The Morgan fingerprint density at radius 2 is 1.80 bits per heavy atom. The van der Waals surface area contributed by atoms with Crippen LogP contribution >= 0.6 is 35.4 Å². The summed E-state index contributed by atoms with van der Waals surface area (Å²) in [5.74, 6) is 0.125. The van der Waals surface area contributed by atoms with E-state index in [1.165, 1.54) is 12.8 Å². The van der Waals surface area contributed by atoms with Gasteiger partial charge in [0.25, 0.3) is 5.91 Å². The Kier molecular flexibility index (Phi) is 6.27. The van der Waals surface area contributed by atoms with Gasteiger partial charge in [0.05, 0.1) is 16.4 Å². The van der Waals surface area contributed by atoms with Gasteiger partial charge in [-0.25, -0.2) is 0 Å². The van der Waals surface area contributed by atoms with E-state index in [4.69, 9.17) is 39.8 Å². The molecule has 8 heteroatoms. The standard InChI is InChI=1S/C22H19Cl2N3O2S/c23-14-7-8-16(24)15(13-14)19-9-10-20(29-19)21(28)26-22(30)25-17-5-1-2-6-18(17)27-11-3-4-12-27/h1-2,5-10,13H,3-4,11-12H2,(H2,25,26,28,30). The molecule has 0 bridgehead atoms. The number of furan rings is 1. The van der Waals surface area contributed by atoms with Gasteiger partial charge < -0.3 is 14.6 Å². The first-order valence-corrected chi connectivity index (χ1v) is 10.7. The van der Waals surface area contributed by atoms with E-state index in [1.54, 1.807) is 30.3 Å². The lowest BCUT2D eigenvalue weighted by Gasteiger charge is -2.22. The zero-order valence-corrected chi connectivity index (χ0v) is 18.3. The molecule has 1 fully saturated rings. The van der Waals surface area contributed by atoms with Crippen LogP contribution in [0, 0.1) is 0 Å². The number of nitrogens with zero attached hydrogens (tertiary/aromatic N) is 1. The molecule has 1 aliphatic rings.